The Hall–Kier alpha value is -1.85. The third-order valence-electron chi connectivity index (χ3n) is 4.19. The summed E-state index contributed by atoms with van der Waals surface area (Å²) in [5.74, 6) is 1.48. The van der Waals surface area contributed by atoms with Crippen LogP contribution in [-0.2, 0) is 0 Å². The summed E-state index contributed by atoms with van der Waals surface area (Å²) in [6, 6.07) is 0.443. The van der Waals surface area contributed by atoms with E-state index < -0.39 is 0 Å². The Labute approximate surface area is 118 Å². The molecule has 0 aliphatic heterocycles. The number of anilines is 2. The van der Waals surface area contributed by atoms with Gasteiger partial charge in [-0.3, -0.25) is 0 Å². The Morgan fingerprint density at radius 3 is 2.95 bits per heavy atom. The van der Waals surface area contributed by atoms with Crippen LogP contribution in [0, 0.1) is 5.41 Å². The van der Waals surface area contributed by atoms with Crippen LogP contribution in [0.4, 0.5) is 11.8 Å². The Morgan fingerprint density at radius 1 is 1.40 bits per heavy atom. The van der Waals surface area contributed by atoms with Gasteiger partial charge in [0.1, 0.15) is 5.52 Å². The van der Waals surface area contributed by atoms with Gasteiger partial charge in [-0.15, -0.1) is 0 Å². The Balaban J connectivity index is 1.95. The van der Waals surface area contributed by atoms with E-state index in [4.69, 9.17) is 0 Å². The summed E-state index contributed by atoms with van der Waals surface area (Å²) in [7, 11) is 0. The highest BCUT2D eigenvalue weighted by Crippen LogP contribution is 2.39. The van der Waals surface area contributed by atoms with E-state index in [2.05, 4.69) is 44.4 Å². The molecule has 6 nitrogen and oxygen atoms in total. The van der Waals surface area contributed by atoms with Gasteiger partial charge >= 0.3 is 0 Å². The van der Waals surface area contributed by atoms with Crippen molar-refractivity contribution in [2.45, 2.75) is 46.1 Å². The first-order valence-corrected chi connectivity index (χ1v) is 7.31. The van der Waals surface area contributed by atoms with E-state index in [1.54, 1.807) is 6.33 Å². The fourth-order valence-electron chi connectivity index (χ4n) is 2.93. The summed E-state index contributed by atoms with van der Waals surface area (Å²) in [6.07, 6.45) is 5.37. The van der Waals surface area contributed by atoms with Crippen molar-refractivity contribution in [3.05, 3.63) is 6.33 Å². The molecule has 1 unspecified atom stereocenters. The van der Waals surface area contributed by atoms with Crippen LogP contribution in [0.15, 0.2) is 6.33 Å². The van der Waals surface area contributed by atoms with Crippen LogP contribution in [0.25, 0.3) is 11.2 Å². The number of fused-ring (bicyclic) bond motifs is 1. The molecular weight excluding hydrogens is 252 g/mol. The molecule has 1 aliphatic rings. The standard InChI is InChI=1S/C14H22N6/c1-4-15-13-19-11-10(16-8-17-11)12(20-13)18-9-6-5-7-14(9,2)3/h8-9H,4-7H2,1-3H3,(H3,15,16,17,18,19,20). The lowest BCUT2D eigenvalue weighted by Gasteiger charge is -2.28. The minimum Gasteiger partial charge on any atom is -0.365 e. The maximum Gasteiger partial charge on any atom is 0.226 e. The molecule has 0 bridgehead atoms. The van der Waals surface area contributed by atoms with Gasteiger partial charge in [0.25, 0.3) is 0 Å². The van der Waals surface area contributed by atoms with Gasteiger partial charge in [0.2, 0.25) is 5.95 Å². The number of aromatic nitrogens is 4. The number of nitrogens with one attached hydrogen (secondary N) is 3. The molecule has 3 N–H and O–H groups in total. The Kier molecular flexibility index (Phi) is 3.23. The van der Waals surface area contributed by atoms with Gasteiger partial charge in [-0.05, 0) is 25.2 Å². The second-order valence-electron chi connectivity index (χ2n) is 6.11. The number of hydrogen-bond donors (Lipinski definition) is 3. The zero-order chi connectivity index (χ0) is 14.2. The summed E-state index contributed by atoms with van der Waals surface area (Å²) in [4.78, 5) is 16.4. The molecule has 1 saturated carbocycles. The normalized spacial score (nSPS) is 21.2. The third-order valence-corrected chi connectivity index (χ3v) is 4.19. The zero-order valence-corrected chi connectivity index (χ0v) is 12.3. The molecule has 108 valence electrons. The minimum atomic E-state index is 0.301. The van der Waals surface area contributed by atoms with Crippen molar-refractivity contribution >= 4 is 22.9 Å². The van der Waals surface area contributed by atoms with E-state index in [1.165, 1.54) is 19.3 Å². The molecule has 0 aromatic carbocycles. The van der Waals surface area contributed by atoms with E-state index in [0.717, 1.165) is 17.9 Å². The number of hydrogen-bond acceptors (Lipinski definition) is 5. The lowest BCUT2D eigenvalue weighted by atomic mass is 9.87. The van der Waals surface area contributed by atoms with Crippen molar-refractivity contribution in [1.29, 1.82) is 0 Å². The quantitative estimate of drug-likeness (QED) is 0.799. The topological polar surface area (TPSA) is 78.5 Å². The lowest BCUT2D eigenvalue weighted by Crippen LogP contribution is -2.31. The monoisotopic (exact) mass is 274 g/mol. The summed E-state index contributed by atoms with van der Waals surface area (Å²) in [5, 5.41) is 6.76. The highest BCUT2D eigenvalue weighted by Gasteiger charge is 2.35. The van der Waals surface area contributed by atoms with E-state index >= 15 is 0 Å². The van der Waals surface area contributed by atoms with Crippen LogP contribution in [0.3, 0.4) is 0 Å². The van der Waals surface area contributed by atoms with Gasteiger partial charge in [0, 0.05) is 12.6 Å². The molecule has 3 rings (SSSR count). The van der Waals surface area contributed by atoms with Gasteiger partial charge in [0.15, 0.2) is 11.5 Å². The molecule has 2 heterocycles. The fraction of sp³-hybridized carbons (Fsp3) is 0.643. The van der Waals surface area contributed by atoms with Crippen LogP contribution in [0.5, 0.6) is 0 Å². The van der Waals surface area contributed by atoms with Gasteiger partial charge < -0.3 is 15.6 Å². The second-order valence-corrected chi connectivity index (χ2v) is 6.11. The van der Waals surface area contributed by atoms with Crippen molar-refractivity contribution < 1.29 is 0 Å². The molecule has 1 fully saturated rings. The smallest absolute Gasteiger partial charge is 0.226 e. The number of aromatic amines is 1. The molecule has 2 aromatic heterocycles. The summed E-state index contributed by atoms with van der Waals surface area (Å²) in [5.41, 5.74) is 1.89. The van der Waals surface area contributed by atoms with Crippen molar-refractivity contribution in [2.24, 2.45) is 5.41 Å². The van der Waals surface area contributed by atoms with Crippen molar-refractivity contribution in [3.63, 3.8) is 0 Å². The van der Waals surface area contributed by atoms with E-state index in [-0.39, 0.29) is 0 Å². The Morgan fingerprint density at radius 2 is 2.25 bits per heavy atom. The average molecular weight is 274 g/mol. The average Bonchev–Trinajstić information content (AvgIpc) is 2.97. The van der Waals surface area contributed by atoms with E-state index in [1.807, 2.05) is 6.92 Å². The number of imidazole rings is 1. The molecule has 0 saturated heterocycles. The molecule has 1 aliphatic carbocycles. The van der Waals surface area contributed by atoms with Crippen molar-refractivity contribution in [1.82, 2.24) is 19.9 Å². The molecule has 0 spiro atoms. The maximum atomic E-state index is 4.59. The molecule has 1 atom stereocenters. The van der Waals surface area contributed by atoms with Gasteiger partial charge in [-0.25, -0.2) is 4.98 Å². The van der Waals surface area contributed by atoms with Crippen LogP contribution < -0.4 is 10.6 Å². The minimum absolute atomic E-state index is 0.301. The van der Waals surface area contributed by atoms with Gasteiger partial charge in [-0.2, -0.15) is 9.97 Å². The second kappa shape index (κ2) is 4.92. The van der Waals surface area contributed by atoms with Gasteiger partial charge in [0.05, 0.1) is 6.33 Å². The number of rotatable bonds is 4. The van der Waals surface area contributed by atoms with Crippen LogP contribution in [0.2, 0.25) is 0 Å². The highest BCUT2D eigenvalue weighted by atomic mass is 15.2. The molecular formula is C14H22N6. The summed E-state index contributed by atoms with van der Waals surface area (Å²) in [6.45, 7) is 7.46. The molecule has 6 heteroatoms. The first kappa shape index (κ1) is 13.1. The van der Waals surface area contributed by atoms with Gasteiger partial charge in [-0.1, -0.05) is 20.3 Å². The molecule has 0 amide bonds. The summed E-state index contributed by atoms with van der Waals surface area (Å²) >= 11 is 0. The first-order valence-electron chi connectivity index (χ1n) is 7.31. The fourth-order valence-corrected chi connectivity index (χ4v) is 2.93. The first-order chi connectivity index (χ1) is 9.60. The number of nitrogens with zero attached hydrogens (tertiary/aromatic N) is 3. The summed E-state index contributed by atoms with van der Waals surface area (Å²) < 4.78 is 0. The highest BCUT2D eigenvalue weighted by molar-refractivity contribution is 5.83. The van der Waals surface area contributed by atoms with Crippen molar-refractivity contribution in [3.8, 4) is 0 Å². The molecule has 2 aromatic rings. The zero-order valence-electron chi connectivity index (χ0n) is 12.3. The largest absolute Gasteiger partial charge is 0.365 e. The molecule has 0 radical (unpaired) electrons. The third kappa shape index (κ3) is 2.30. The van der Waals surface area contributed by atoms with E-state index in [9.17, 15) is 0 Å². The predicted molar refractivity (Wildman–Crippen MR) is 80.9 cm³/mol. The van der Waals surface area contributed by atoms with Crippen molar-refractivity contribution in [2.75, 3.05) is 17.2 Å². The lowest BCUT2D eigenvalue weighted by molar-refractivity contribution is 0.349. The SMILES string of the molecule is CCNc1nc(NC2CCCC2(C)C)c2[nH]cnc2n1. The Bertz CT molecular complexity index is 603. The van der Waals surface area contributed by atoms with Crippen LogP contribution >= 0.6 is 0 Å². The number of H-pyrrole nitrogens is 1. The predicted octanol–water partition coefficient (Wildman–Crippen LogP) is 2.78. The van der Waals surface area contributed by atoms with E-state index in [0.29, 0.717) is 23.1 Å². The maximum absolute atomic E-state index is 4.59. The van der Waals surface area contributed by atoms with Crippen LogP contribution in [0.1, 0.15) is 40.0 Å². The van der Waals surface area contributed by atoms with Crippen LogP contribution in [-0.4, -0.2) is 32.5 Å². The molecule has 20 heavy (non-hydrogen) atoms.